The summed E-state index contributed by atoms with van der Waals surface area (Å²) in [4.78, 5) is 11.8. The minimum atomic E-state index is -0.150. The lowest BCUT2D eigenvalue weighted by Gasteiger charge is -2.62. The Morgan fingerprint density at radius 2 is 1.74 bits per heavy atom. The molecule has 0 aliphatic heterocycles. The van der Waals surface area contributed by atoms with Crippen LogP contribution in [0, 0.1) is 46.3 Å². The molecule has 4 aliphatic rings. The normalized spacial score (nSPS) is 41.2. The van der Waals surface area contributed by atoms with Gasteiger partial charge in [-0.1, -0.05) is 20.8 Å². The number of rotatable bonds is 13. The standard InChI is InChI=1S/C32H59N3O3/c1-22(8-11-29(37)38-4)25-9-10-26-30-27(13-15-32(25,26)3)31(2)14-12-24(20-23(31)21-28(30)36)35-19-7-18-34-17-6-5-16-33/h22-28,30,34-36H,5-21,33H2,1-4H3/t22?,23-,24-,25+,26?,27?,28?,30?,31-,32+/m0/s1. The van der Waals surface area contributed by atoms with Gasteiger partial charge >= 0.3 is 5.97 Å². The zero-order valence-electron chi connectivity index (χ0n) is 25.0. The van der Waals surface area contributed by atoms with Crippen LogP contribution >= 0.6 is 0 Å². The Labute approximate surface area is 233 Å². The molecule has 0 spiro atoms. The number of aliphatic hydroxyl groups is 1. The average Bonchev–Trinajstić information content (AvgIpc) is 3.26. The number of esters is 1. The van der Waals surface area contributed by atoms with Crippen molar-refractivity contribution in [2.45, 2.75) is 116 Å². The van der Waals surface area contributed by atoms with Gasteiger partial charge < -0.3 is 26.2 Å². The van der Waals surface area contributed by atoms with Crippen LogP contribution in [0.25, 0.3) is 0 Å². The molecular weight excluding hydrogens is 474 g/mol. The van der Waals surface area contributed by atoms with Gasteiger partial charge in [0, 0.05) is 12.5 Å². The third-order valence-electron chi connectivity index (χ3n) is 12.2. The van der Waals surface area contributed by atoms with Crippen molar-refractivity contribution >= 4 is 5.97 Å². The first-order valence-electron chi connectivity index (χ1n) is 16.1. The summed E-state index contributed by atoms with van der Waals surface area (Å²) in [7, 11) is 1.49. The summed E-state index contributed by atoms with van der Waals surface area (Å²) in [5.41, 5.74) is 6.26. The molecule has 5 N–H and O–H groups in total. The molecule has 220 valence electrons. The second-order valence-electron chi connectivity index (χ2n) is 14.1. The van der Waals surface area contributed by atoms with E-state index in [-0.39, 0.29) is 12.1 Å². The summed E-state index contributed by atoms with van der Waals surface area (Å²) in [6, 6.07) is 0.606. The molecule has 0 bridgehead atoms. The van der Waals surface area contributed by atoms with Crippen molar-refractivity contribution in [2.24, 2.45) is 52.1 Å². The maximum Gasteiger partial charge on any atom is 0.305 e. The molecule has 4 fully saturated rings. The molecule has 0 aromatic carbocycles. The van der Waals surface area contributed by atoms with E-state index in [4.69, 9.17) is 10.5 Å². The van der Waals surface area contributed by atoms with Crippen molar-refractivity contribution in [1.82, 2.24) is 10.6 Å². The SMILES string of the molecule is COC(=O)CCC(C)[C@H]1CCC2C3C(O)C[C@@H]4C[C@@H](NCCCNCCCCN)CC[C@]4(C)C3CC[C@@]21C. The Kier molecular flexibility index (Phi) is 10.6. The van der Waals surface area contributed by atoms with Crippen molar-refractivity contribution in [2.75, 3.05) is 33.3 Å². The van der Waals surface area contributed by atoms with Crippen LogP contribution in [0.5, 0.6) is 0 Å². The van der Waals surface area contributed by atoms with Gasteiger partial charge in [0.1, 0.15) is 0 Å². The van der Waals surface area contributed by atoms with Crippen molar-refractivity contribution in [3.8, 4) is 0 Å². The van der Waals surface area contributed by atoms with Crippen LogP contribution in [-0.4, -0.2) is 56.5 Å². The molecule has 6 nitrogen and oxygen atoms in total. The molecular formula is C32H59N3O3. The number of carbonyl (C=O) groups excluding carboxylic acids is 1. The van der Waals surface area contributed by atoms with Crippen molar-refractivity contribution < 1.29 is 14.6 Å². The van der Waals surface area contributed by atoms with E-state index in [2.05, 4.69) is 31.4 Å². The number of methoxy groups -OCH3 is 1. The number of ether oxygens (including phenoxy) is 1. The first-order valence-corrected chi connectivity index (χ1v) is 16.1. The van der Waals surface area contributed by atoms with E-state index in [1.807, 2.05) is 0 Å². The van der Waals surface area contributed by atoms with Gasteiger partial charge in [0.2, 0.25) is 0 Å². The summed E-state index contributed by atoms with van der Waals surface area (Å²) in [5, 5.41) is 19.1. The number of carbonyl (C=O) groups is 1. The maximum atomic E-state index is 11.8. The lowest BCUT2D eigenvalue weighted by atomic mass is 9.43. The Bertz CT molecular complexity index is 764. The van der Waals surface area contributed by atoms with E-state index in [1.165, 1.54) is 64.9 Å². The van der Waals surface area contributed by atoms with Gasteiger partial charge in [-0.25, -0.2) is 0 Å². The number of nitrogens with one attached hydrogen (secondary N) is 2. The summed E-state index contributed by atoms with van der Waals surface area (Å²) >= 11 is 0. The van der Waals surface area contributed by atoms with Crippen molar-refractivity contribution in [3.05, 3.63) is 0 Å². The third-order valence-corrected chi connectivity index (χ3v) is 12.2. The predicted octanol–water partition coefficient (Wildman–Crippen LogP) is 4.88. The van der Waals surface area contributed by atoms with Crippen LogP contribution in [0.2, 0.25) is 0 Å². The first-order chi connectivity index (χ1) is 18.2. The van der Waals surface area contributed by atoms with Crippen molar-refractivity contribution in [3.63, 3.8) is 0 Å². The van der Waals surface area contributed by atoms with Gasteiger partial charge in [-0.05, 0) is 150 Å². The quantitative estimate of drug-likeness (QED) is 0.199. The lowest BCUT2D eigenvalue weighted by molar-refractivity contribution is -0.167. The van der Waals surface area contributed by atoms with Gasteiger partial charge in [0.15, 0.2) is 0 Å². The topological polar surface area (TPSA) is 96.6 Å². The molecule has 10 atom stereocenters. The highest BCUT2D eigenvalue weighted by Gasteiger charge is 2.62. The number of unbranched alkanes of at least 4 members (excludes halogenated alkanes) is 1. The number of hydrogen-bond donors (Lipinski definition) is 4. The monoisotopic (exact) mass is 533 g/mol. The van der Waals surface area contributed by atoms with Gasteiger partial charge in [-0.3, -0.25) is 4.79 Å². The van der Waals surface area contributed by atoms with Gasteiger partial charge in [0.25, 0.3) is 0 Å². The Morgan fingerprint density at radius 3 is 2.50 bits per heavy atom. The summed E-state index contributed by atoms with van der Waals surface area (Å²) in [6.45, 7) is 11.5. The summed E-state index contributed by atoms with van der Waals surface area (Å²) in [5.74, 6) is 3.51. The highest BCUT2D eigenvalue weighted by atomic mass is 16.5. The predicted molar refractivity (Wildman–Crippen MR) is 155 cm³/mol. The van der Waals surface area contributed by atoms with E-state index < -0.39 is 0 Å². The molecule has 0 amide bonds. The number of hydrogen-bond acceptors (Lipinski definition) is 6. The molecule has 4 aliphatic carbocycles. The Hall–Kier alpha value is -0.690. The molecule has 38 heavy (non-hydrogen) atoms. The molecule has 4 rings (SSSR count). The molecule has 5 unspecified atom stereocenters. The minimum Gasteiger partial charge on any atom is -0.469 e. The Balaban J connectivity index is 1.31. The van der Waals surface area contributed by atoms with E-state index >= 15 is 0 Å². The molecule has 6 heteroatoms. The van der Waals surface area contributed by atoms with Gasteiger partial charge in [-0.2, -0.15) is 0 Å². The zero-order valence-corrected chi connectivity index (χ0v) is 25.0. The van der Waals surface area contributed by atoms with Crippen LogP contribution in [0.1, 0.15) is 104 Å². The molecule has 0 aromatic heterocycles. The van der Waals surface area contributed by atoms with E-state index in [9.17, 15) is 9.90 Å². The number of fused-ring (bicyclic) bond motifs is 5. The highest BCUT2D eigenvalue weighted by Crippen LogP contribution is 2.68. The zero-order chi connectivity index (χ0) is 27.3. The largest absolute Gasteiger partial charge is 0.469 e. The average molecular weight is 534 g/mol. The lowest BCUT2D eigenvalue weighted by Crippen LogP contribution is -2.59. The molecule has 0 aromatic rings. The first kappa shape index (κ1) is 30.3. The molecule has 0 heterocycles. The van der Waals surface area contributed by atoms with Crippen LogP contribution in [0.4, 0.5) is 0 Å². The second kappa shape index (κ2) is 13.3. The summed E-state index contributed by atoms with van der Waals surface area (Å²) < 4.78 is 4.91. The summed E-state index contributed by atoms with van der Waals surface area (Å²) in [6.07, 6.45) is 14.7. The Morgan fingerprint density at radius 1 is 1.00 bits per heavy atom. The smallest absolute Gasteiger partial charge is 0.305 e. The van der Waals surface area contributed by atoms with Gasteiger partial charge in [-0.15, -0.1) is 0 Å². The van der Waals surface area contributed by atoms with E-state index in [0.29, 0.717) is 58.8 Å². The molecule has 0 radical (unpaired) electrons. The fourth-order valence-electron chi connectivity index (χ4n) is 10.1. The van der Waals surface area contributed by atoms with Crippen molar-refractivity contribution in [1.29, 1.82) is 0 Å². The number of aliphatic hydroxyl groups excluding tert-OH is 1. The highest BCUT2D eigenvalue weighted by molar-refractivity contribution is 5.69. The number of nitrogens with two attached hydrogens (primary N) is 1. The van der Waals surface area contributed by atoms with Gasteiger partial charge in [0.05, 0.1) is 13.2 Å². The molecule has 4 saturated carbocycles. The van der Waals surface area contributed by atoms with Crippen LogP contribution < -0.4 is 16.4 Å². The fourth-order valence-corrected chi connectivity index (χ4v) is 10.1. The van der Waals surface area contributed by atoms with Crippen LogP contribution in [0.15, 0.2) is 0 Å². The second-order valence-corrected chi connectivity index (χ2v) is 14.1. The minimum absolute atomic E-state index is 0.0815. The fraction of sp³-hybridized carbons (Fsp3) is 0.969. The van der Waals surface area contributed by atoms with Crippen LogP contribution in [0.3, 0.4) is 0 Å². The van der Waals surface area contributed by atoms with E-state index in [1.54, 1.807) is 0 Å². The van der Waals surface area contributed by atoms with Crippen LogP contribution in [-0.2, 0) is 9.53 Å². The molecule has 0 saturated heterocycles. The maximum absolute atomic E-state index is 11.8. The van der Waals surface area contributed by atoms with E-state index in [0.717, 1.165) is 45.4 Å². The third kappa shape index (κ3) is 6.29.